The Hall–Kier alpha value is -1.92. The van der Waals surface area contributed by atoms with Crippen LogP contribution in [0, 0.1) is 0 Å². The van der Waals surface area contributed by atoms with Crippen LogP contribution in [0.25, 0.3) is 11.0 Å². The second-order valence-electron chi connectivity index (χ2n) is 5.54. The van der Waals surface area contributed by atoms with E-state index < -0.39 is 6.10 Å². The predicted octanol–water partition coefficient (Wildman–Crippen LogP) is 2.08. The van der Waals surface area contributed by atoms with Crippen molar-refractivity contribution in [2.75, 3.05) is 18.6 Å². The molecule has 0 aliphatic carbocycles. The largest absolute Gasteiger partial charge is 0.376 e. The van der Waals surface area contributed by atoms with Crippen LogP contribution in [0.3, 0.4) is 0 Å². The summed E-state index contributed by atoms with van der Waals surface area (Å²) in [6.45, 7) is 2.99. The van der Waals surface area contributed by atoms with Gasteiger partial charge in [-0.25, -0.2) is 9.66 Å². The number of nitrogens with one attached hydrogen (secondary N) is 1. The number of amides is 1. The maximum atomic E-state index is 12.2. The van der Waals surface area contributed by atoms with Gasteiger partial charge in [-0.1, -0.05) is 12.1 Å². The van der Waals surface area contributed by atoms with Gasteiger partial charge < -0.3 is 9.47 Å². The standard InChI is InChI=1S/C16H21N3O3/c1-12(22-10-13-6-4-5-9-21-13)16(20)18-19-11-17-14-7-2-3-8-15(14)19/h2-3,7-8,11-13H,4-6,9-10H2,1H3,(H,18,20). The van der Waals surface area contributed by atoms with Crippen molar-refractivity contribution >= 4 is 16.9 Å². The van der Waals surface area contributed by atoms with Crippen molar-refractivity contribution in [1.82, 2.24) is 9.66 Å². The fourth-order valence-electron chi connectivity index (χ4n) is 2.52. The topological polar surface area (TPSA) is 65.4 Å². The summed E-state index contributed by atoms with van der Waals surface area (Å²) in [5.41, 5.74) is 4.50. The Labute approximate surface area is 129 Å². The number of para-hydroxylation sites is 2. The number of rotatable bonds is 5. The molecule has 0 radical (unpaired) electrons. The summed E-state index contributed by atoms with van der Waals surface area (Å²) in [4.78, 5) is 16.4. The van der Waals surface area contributed by atoms with Crippen LogP contribution in [0.1, 0.15) is 26.2 Å². The molecule has 1 aliphatic heterocycles. The number of ether oxygens (including phenoxy) is 2. The Morgan fingerprint density at radius 3 is 3.18 bits per heavy atom. The molecule has 6 heteroatoms. The number of hydrogen-bond acceptors (Lipinski definition) is 4. The van der Waals surface area contributed by atoms with E-state index in [0.29, 0.717) is 6.61 Å². The normalized spacial score (nSPS) is 20.0. The minimum Gasteiger partial charge on any atom is -0.376 e. The summed E-state index contributed by atoms with van der Waals surface area (Å²) >= 11 is 0. The van der Waals surface area contributed by atoms with E-state index in [4.69, 9.17) is 9.47 Å². The molecule has 118 valence electrons. The lowest BCUT2D eigenvalue weighted by atomic mass is 10.1. The maximum absolute atomic E-state index is 12.2. The Bertz CT molecular complexity index is 634. The van der Waals surface area contributed by atoms with Gasteiger partial charge >= 0.3 is 0 Å². The molecule has 1 amide bonds. The number of carbonyl (C=O) groups excluding carboxylic acids is 1. The first-order valence-corrected chi connectivity index (χ1v) is 7.70. The van der Waals surface area contributed by atoms with Gasteiger partial charge in [0.25, 0.3) is 5.91 Å². The summed E-state index contributed by atoms with van der Waals surface area (Å²) in [5, 5.41) is 0. The number of aromatic nitrogens is 2. The van der Waals surface area contributed by atoms with Crippen LogP contribution in [0.2, 0.25) is 0 Å². The lowest BCUT2D eigenvalue weighted by Gasteiger charge is -2.24. The van der Waals surface area contributed by atoms with E-state index in [1.807, 2.05) is 24.3 Å². The Morgan fingerprint density at radius 1 is 1.50 bits per heavy atom. The molecule has 0 bridgehead atoms. The second-order valence-corrected chi connectivity index (χ2v) is 5.54. The minimum absolute atomic E-state index is 0.109. The van der Waals surface area contributed by atoms with Gasteiger partial charge in [0.1, 0.15) is 12.4 Å². The van der Waals surface area contributed by atoms with Gasteiger partial charge in [-0.15, -0.1) is 0 Å². The molecule has 2 unspecified atom stereocenters. The highest BCUT2D eigenvalue weighted by molar-refractivity contribution is 5.89. The van der Waals surface area contributed by atoms with Crippen LogP contribution in [0.15, 0.2) is 30.6 Å². The van der Waals surface area contributed by atoms with Crippen LogP contribution in [-0.2, 0) is 14.3 Å². The van der Waals surface area contributed by atoms with E-state index in [0.717, 1.165) is 36.9 Å². The van der Waals surface area contributed by atoms with Crippen molar-refractivity contribution in [3.8, 4) is 0 Å². The lowest BCUT2D eigenvalue weighted by Crippen LogP contribution is -2.35. The fraction of sp³-hybridized carbons (Fsp3) is 0.500. The molecule has 1 saturated heterocycles. The molecule has 22 heavy (non-hydrogen) atoms. The second kappa shape index (κ2) is 6.89. The van der Waals surface area contributed by atoms with Crippen molar-refractivity contribution in [2.24, 2.45) is 0 Å². The van der Waals surface area contributed by atoms with Gasteiger partial charge in [0.2, 0.25) is 0 Å². The zero-order chi connectivity index (χ0) is 15.4. The zero-order valence-corrected chi connectivity index (χ0v) is 12.7. The molecule has 6 nitrogen and oxygen atoms in total. The molecular weight excluding hydrogens is 282 g/mol. The Balaban J connectivity index is 1.54. The molecule has 2 heterocycles. The number of fused-ring (bicyclic) bond motifs is 1. The molecule has 0 spiro atoms. The summed E-state index contributed by atoms with van der Waals surface area (Å²) in [7, 11) is 0. The van der Waals surface area contributed by atoms with Crippen molar-refractivity contribution in [2.45, 2.75) is 38.4 Å². The van der Waals surface area contributed by atoms with Crippen molar-refractivity contribution in [1.29, 1.82) is 0 Å². The summed E-state index contributed by atoms with van der Waals surface area (Å²) in [6.07, 6.45) is 4.44. The molecule has 1 N–H and O–H groups in total. The zero-order valence-electron chi connectivity index (χ0n) is 12.7. The first-order chi connectivity index (χ1) is 10.7. The summed E-state index contributed by atoms with van der Waals surface area (Å²) in [5.74, 6) is -0.195. The third-order valence-electron chi connectivity index (χ3n) is 3.86. The van der Waals surface area contributed by atoms with Gasteiger partial charge in [-0.2, -0.15) is 0 Å². The monoisotopic (exact) mass is 303 g/mol. The first kappa shape index (κ1) is 15.0. The smallest absolute Gasteiger partial charge is 0.267 e. The molecule has 1 aromatic heterocycles. The molecule has 2 aromatic rings. The fourth-order valence-corrected chi connectivity index (χ4v) is 2.52. The lowest BCUT2D eigenvalue weighted by molar-refractivity contribution is -0.131. The quantitative estimate of drug-likeness (QED) is 0.918. The summed E-state index contributed by atoms with van der Waals surface area (Å²) in [6, 6.07) is 7.63. The van der Waals surface area contributed by atoms with Gasteiger partial charge in [0.15, 0.2) is 0 Å². The third-order valence-corrected chi connectivity index (χ3v) is 3.86. The number of benzene rings is 1. The van der Waals surface area contributed by atoms with E-state index in [1.54, 1.807) is 17.9 Å². The van der Waals surface area contributed by atoms with Crippen molar-refractivity contribution in [3.05, 3.63) is 30.6 Å². The van der Waals surface area contributed by atoms with E-state index in [-0.39, 0.29) is 12.0 Å². The van der Waals surface area contributed by atoms with E-state index in [2.05, 4.69) is 10.4 Å². The van der Waals surface area contributed by atoms with Gasteiger partial charge in [-0.05, 0) is 38.3 Å². The average Bonchev–Trinajstić information content (AvgIpc) is 2.97. The van der Waals surface area contributed by atoms with Gasteiger partial charge in [-0.3, -0.25) is 10.2 Å². The Morgan fingerprint density at radius 2 is 2.36 bits per heavy atom. The first-order valence-electron chi connectivity index (χ1n) is 7.70. The van der Waals surface area contributed by atoms with Crippen LogP contribution in [-0.4, -0.2) is 41.0 Å². The highest BCUT2D eigenvalue weighted by Gasteiger charge is 2.19. The van der Waals surface area contributed by atoms with Crippen molar-refractivity contribution < 1.29 is 14.3 Å². The molecule has 2 atom stereocenters. The van der Waals surface area contributed by atoms with Crippen LogP contribution in [0.5, 0.6) is 0 Å². The Kier molecular flexibility index (Phi) is 4.70. The molecule has 3 rings (SSSR count). The molecule has 1 fully saturated rings. The highest BCUT2D eigenvalue weighted by atomic mass is 16.5. The molecule has 0 saturated carbocycles. The molecule has 1 aliphatic rings. The van der Waals surface area contributed by atoms with E-state index in [9.17, 15) is 4.79 Å². The number of hydrogen-bond donors (Lipinski definition) is 1. The number of carbonyl (C=O) groups is 1. The van der Waals surface area contributed by atoms with Crippen LogP contribution >= 0.6 is 0 Å². The van der Waals surface area contributed by atoms with E-state index >= 15 is 0 Å². The van der Waals surface area contributed by atoms with E-state index in [1.165, 1.54) is 0 Å². The molecular formula is C16H21N3O3. The third kappa shape index (κ3) is 3.45. The summed E-state index contributed by atoms with van der Waals surface area (Å²) < 4.78 is 12.9. The average molecular weight is 303 g/mol. The minimum atomic E-state index is -0.535. The number of nitrogens with zero attached hydrogens (tertiary/aromatic N) is 2. The van der Waals surface area contributed by atoms with Gasteiger partial charge in [0.05, 0.1) is 23.7 Å². The van der Waals surface area contributed by atoms with Gasteiger partial charge in [0, 0.05) is 6.61 Å². The van der Waals surface area contributed by atoms with Crippen LogP contribution < -0.4 is 5.43 Å². The maximum Gasteiger partial charge on any atom is 0.267 e. The predicted molar refractivity (Wildman–Crippen MR) is 83.1 cm³/mol. The number of imidazole rings is 1. The SMILES string of the molecule is CC(OCC1CCCCO1)C(=O)Nn1cnc2ccccc21. The van der Waals surface area contributed by atoms with Crippen LogP contribution in [0.4, 0.5) is 0 Å². The molecule has 1 aromatic carbocycles. The highest BCUT2D eigenvalue weighted by Crippen LogP contribution is 2.14. The van der Waals surface area contributed by atoms with Crippen molar-refractivity contribution in [3.63, 3.8) is 0 Å².